The Bertz CT molecular complexity index is 985. The van der Waals surface area contributed by atoms with Crippen molar-refractivity contribution >= 4 is 16.9 Å². The molecule has 0 aliphatic heterocycles. The highest BCUT2D eigenvalue weighted by Gasteiger charge is 2.43. The number of esters is 1. The minimum absolute atomic E-state index is 0.133. The van der Waals surface area contributed by atoms with Crippen molar-refractivity contribution in [2.75, 3.05) is 13.7 Å². The number of rotatable bonds is 5. The molecule has 2 N–H and O–H groups in total. The minimum atomic E-state index is -2.00. The normalized spacial score (nSPS) is 13.0. The molecule has 3 aromatic rings. The standard InChI is InChI=1S/C20H18N2O4/c1-3-26-19(23)20(24,14-6-4-13(11-21)5-7-14)17-12-22-18-10-15(25-2)8-9-16(17)18/h4-10,12,22,24H,3H2,1-2H3/t20-/m0/s1. The van der Waals surface area contributed by atoms with E-state index in [2.05, 4.69) is 4.98 Å². The molecule has 0 unspecified atom stereocenters. The number of nitrogens with zero attached hydrogens (tertiary/aromatic N) is 1. The minimum Gasteiger partial charge on any atom is -0.497 e. The first-order chi connectivity index (χ1) is 12.5. The molecule has 2 aromatic carbocycles. The number of carbonyl (C=O) groups is 1. The highest BCUT2D eigenvalue weighted by Crippen LogP contribution is 2.37. The molecule has 1 heterocycles. The van der Waals surface area contributed by atoms with Crippen molar-refractivity contribution in [1.29, 1.82) is 5.26 Å². The van der Waals surface area contributed by atoms with Crippen molar-refractivity contribution in [1.82, 2.24) is 4.98 Å². The molecule has 1 aromatic heterocycles. The Labute approximate surface area is 150 Å². The van der Waals surface area contributed by atoms with Gasteiger partial charge in [0.05, 0.1) is 25.3 Å². The second-order valence-corrected chi connectivity index (χ2v) is 5.73. The summed E-state index contributed by atoms with van der Waals surface area (Å²) in [4.78, 5) is 15.8. The summed E-state index contributed by atoms with van der Waals surface area (Å²) in [6.45, 7) is 1.81. The fourth-order valence-electron chi connectivity index (χ4n) is 2.94. The van der Waals surface area contributed by atoms with Crippen molar-refractivity contribution < 1.29 is 19.4 Å². The molecule has 0 saturated heterocycles. The van der Waals surface area contributed by atoms with Crippen molar-refractivity contribution in [3.8, 4) is 11.8 Å². The van der Waals surface area contributed by atoms with Crippen LogP contribution in [-0.4, -0.2) is 29.8 Å². The molecule has 1 atom stereocenters. The SMILES string of the molecule is CCOC(=O)[C@](O)(c1ccc(C#N)cc1)c1c[nH]c2cc(OC)ccc12. The van der Waals surface area contributed by atoms with E-state index in [1.165, 1.54) is 0 Å². The number of nitriles is 1. The van der Waals surface area contributed by atoms with Gasteiger partial charge in [-0.25, -0.2) is 4.79 Å². The fourth-order valence-corrected chi connectivity index (χ4v) is 2.94. The number of aliphatic hydroxyl groups is 1. The first-order valence-electron chi connectivity index (χ1n) is 8.10. The summed E-state index contributed by atoms with van der Waals surface area (Å²) in [5, 5.41) is 21.1. The van der Waals surface area contributed by atoms with E-state index in [0.29, 0.717) is 27.8 Å². The van der Waals surface area contributed by atoms with Crippen molar-refractivity contribution in [3.63, 3.8) is 0 Å². The Hall–Kier alpha value is -3.30. The number of fused-ring (bicyclic) bond motifs is 1. The van der Waals surface area contributed by atoms with Gasteiger partial charge in [0.1, 0.15) is 5.75 Å². The van der Waals surface area contributed by atoms with Gasteiger partial charge in [-0.15, -0.1) is 0 Å². The third-order valence-corrected chi connectivity index (χ3v) is 4.28. The average Bonchev–Trinajstić information content (AvgIpc) is 3.11. The van der Waals surface area contributed by atoms with Crippen LogP contribution in [0.3, 0.4) is 0 Å². The van der Waals surface area contributed by atoms with E-state index in [4.69, 9.17) is 14.7 Å². The van der Waals surface area contributed by atoms with Gasteiger partial charge in [-0.3, -0.25) is 0 Å². The van der Waals surface area contributed by atoms with E-state index in [0.717, 1.165) is 5.52 Å². The molecule has 0 aliphatic rings. The summed E-state index contributed by atoms with van der Waals surface area (Å²) in [7, 11) is 1.57. The van der Waals surface area contributed by atoms with Gasteiger partial charge in [0.25, 0.3) is 0 Å². The van der Waals surface area contributed by atoms with Gasteiger partial charge in [-0.2, -0.15) is 5.26 Å². The lowest BCUT2D eigenvalue weighted by molar-refractivity contribution is -0.161. The molecule has 0 spiro atoms. The summed E-state index contributed by atoms with van der Waals surface area (Å²) in [6, 6.07) is 13.5. The zero-order chi connectivity index (χ0) is 18.7. The van der Waals surface area contributed by atoms with Crippen LogP contribution in [-0.2, 0) is 15.1 Å². The summed E-state index contributed by atoms with van der Waals surface area (Å²) in [5.74, 6) is -0.120. The first kappa shape index (κ1) is 17.5. The van der Waals surface area contributed by atoms with E-state index in [9.17, 15) is 9.90 Å². The van der Waals surface area contributed by atoms with Crippen LogP contribution in [0, 0.1) is 11.3 Å². The lowest BCUT2D eigenvalue weighted by atomic mass is 9.85. The van der Waals surface area contributed by atoms with Gasteiger partial charge in [0, 0.05) is 28.7 Å². The maximum absolute atomic E-state index is 12.7. The van der Waals surface area contributed by atoms with Crippen molar-refractivity contribution in [2.24, 2.45) is 0 Å². The smallest absolute Gasteiger partial charge is 0.347 e. The molecule has 26 heavy (non-hydrogen) atoms. The zero-order valence-electron chi connectivity index (χ0n) is 14.4. The number of carbonyl (C=O) groups excluding carboxylic acids is 1. The highest BCUT2D eigenvalue weighted by molar-refractivity contribution is 5.94. The maximum atomic E-state index is 12.7. The van der Waals surface area contributed by atoms with Gasteiger partial charge in [-0.05, 0) is 36.8 Å². The van der Waals surface area contributed by atoms with E-state index < -0.39 is 11.6 Å². The number of benzene rings is 2. The van der Waals surface area contributed by atoms with Crippen LogP contribution in [0.25, 0.3) is 10.9 Å². The Morgan fingerprint density at radius 3 is 2.62 bits per heavy atom. The topological polar surface area (TPSA) is 95.3 Å². The molecule has 132 valence electrons. The van der Waals surface area contributed by atoms with E-state index in [1.807, 2.05) is 6.07 Å². The van der Waals surface area contributed by atoms with Crippen molar-refractivity contribution in [2.45, 2.75) is 12.5 Å². The summed E-state index contributed by atoms with van der Waals surface area (Å²) < 4.78 is 10.4. The number of aromatic amines is 1. The molecule has 0 aliphatic carbocycles. The predicted octanol–water partition coefficient (Wildman–Crippen LogP) is 2.85. The third-order valence-electron chi connectivity index (χ3n) is 4.28. The van der Waals surface area contributed by atoms with Crippen LogP contribution in [0.15, 0.2) is 48.7 Å². The van der Waals surface area contributed by atoms with Gasteiger partial charge in [0.2, 0.25) is 5.60 Å². The second kappa shape index (κ2) is 6.90. The van der Waals surface area contributed by atoms with Crippen LogP contribution >= 0.6 is 0 Å². The molecular formula is C20H18N2O4. The Kier molecular flexibility index (Phi) is 4.65. The van der Waals surface area contributed by atoms with E-state index >= 15 is 0 Å². The maximum Gasteiger partial charge on any atom is 0.347 e. The molecule has 0 saturated carbocycles. The van der Waals surface area contributed by atoms with Gasteiger partial charge in [-0.1, -0.05) is 12.1 Å². The van der Waals surface area contributed by atoms with Gasteiger partial charge in [0.15, 0.2) is 0 Å². The number of H-pyrrole nitrogens is 1. The van der Waals surface area contributed by atoms with Crippen molar-refractivity contribution in [3.05, 3.63) is 65.4 Å². The monoisotopic (exact) mass is 350 g/mol. The Balaban J connectivity index is 2.21. The van der Waals surface area contributed by atoms with Gasteiger partial charge < -0.3 is 19.6 Å². The molecule has 0 fully saturated rings. The van der Waals surface area contributed by atoms with E-state index in [-0.39, 0.29) is 6.61 Å². The second-order valence-electron chi connectivity index (χ2n) is 5.73. The quantitative estimate of drug-likeness (QED) is 0.690. The summed E-state index contributed by atoms with van der Waals surface area (Å²) in [5.41, 5.74) is -0.152. The molecule has 6 nitrogen and oxygen atoms in total. The number of nitrogens with one attached hydrogen (secondary N) is 1. The Morgan fingerprint density at radius 2 is 2.00 bits per heavy atom. The summed E-state index contributed by atoms with van der Waals surface area (Å²) >= 11 is 0. The predicted molar refractivity (Wildman–Crippen MR) is 95.6 cm³/mol. The number of methoxy groups -OCH3 is 1. The van der Waals surface area contributed by atoms with Gasteiger partial charge >= 0.3 is 5.97 Å². The number of ether oxygens (including phenoxy) is 2. The molecule has 0 amide bonds. The summed E-state index contributed by atoms with van der Waals surface area (Å²) in [6.07, 6.45) is 1.58. The molecule has 6 heteroatoms. The average molecular weight is 350 g/mol. The zero-order valence-corrected chi connectivity index (χ0v) is 14.4. The first-order valence-corrected chi connectivity index (χ1v) is 8.10. The van der Waals surface area contributed by atoms with Crippen LogP contribution in [0.1, 0.15) is 23.6 Å². The molecule has 3 rings (SSSR count). The van der Waals surface area contributed by atoms with E-state index in [1.54, 1.807) is 62.7 Å². The lowest BCUT2D eigenvalue weighted by Gasteiger charge is -2.26. The van der Waals surface area contributed by atoms with Crippen LogP contribution in [0.2, 0.25) is 0 Å². The highest BCUT2D eigenvalue weighted by atomic mass is 16.5. The fraction of sp³-hybridized carbons (Fsp3) is 0.200. The number of hydrogen-bond donors (Lipinski definition) is 2. The molecule has 0 bridgehead atoms. The third kappa shape index (κ3) is 2.79. The largest absolute Gasteiger partial charge is 0.497 e. The number of hydrogen-bond acceptors (Lipinski definition) is 5. The number of aromatic nitrogens is 1. The van der Waals surface area contributed by atoms with Crippen LogP contribution in [0.5, 0.6) is 5.75 Å². The van der Waals surface area contributed by atoms with Crippen LogP contribution < -0.4 is 4.74 Å². The Morgan fingerprint density at radius 1 is 1.27 bits per heavy atom. The molecular weight excluding hydrogens is 332 g/mol. The molecule has 0 radical (unpaired) electrons. The van der Waals surface area contributed by atoms with Crippen LogP contribution in [0.4, 0.5) is 0 Å². The lowest BCUT2D eigenvalue weighted by Crippen LogP contribution is -2.38.